The van der Waals surface area contributed by atoms with E-state index in [0.29, 0.717) is 41.0 Å². The molecule has 3 rings (SSSR count). The van der Waals surface area contributed by atoms with Crippen molar-refractivity contribution in [2.24, 2.45) is 0 Å². The topological polar surface area (TPSA) is 78.6 Å². The number of carbonyl (C=O) groups excluding carboxylic acids is 1. The molecule has 0 aromatic carbocycles. The zero-order valence-electron chi connectivity index (χ0n) is 22.1. The third-order valence-electron chi connectivity index (χ3n) is 6.65. The van der Waals surface area contributed by atoms with Gasteiger partial charge in [-0.25, -0.2) is 0 Å². The standard InChI is InChI=1S/C27H38N4O3S2/c1-6-8-9-10-11-13-31-26(33)23(36-27(31)35)14-21-20(5)22(15-28)25(32)30(12-7-2)24(21)29-16-18(3)34-19(4)17-29/h14,18-19H,6-13,16-17H2,1-5H3/b23-14-. The molecule has 3 heterocycles. The molecule has 2 atom stereocenters. The number of hydrogen-bond donors (Lipinski definition) is 0. The van der Waals surface area contributed by atoms with Crippen LogP contribution in [0.15, 0.2) is 9.70 Å². The number of hydrogen-bond acceptors (Lipinski definition) is 7. The highest BCUT2D eigenvalue weighted by atomic mass is 32.2. The molecule has 2 aliphatic rings. The van der Waals surface area contributed by atoms with Crippen molar-refractivity contribution in [1.29, 1.82) is 5.26 Å². The summed E-state index contributed by atoms with van der Waals surface area (Å²) in [6, 6.07) is 2.12. The largest absolute Gasteiger partial charge is 0.372 e. The molecule has 36 heavy (non-hydrogen) atoms. The molecule has 0 radical (unpaired) electrons. The first-order valence-electron chi connectivity index (χ1n) is 13.1. The molecule has 0 saturated carbocycles. The van der Waals surface area contributed by atoms with Crippen molar-refractivity contribution in [3.05, 3.63) is 31.9 Å². The van der Waals surface area contributed by atoms with Gasteiger partial charge in [-0.05, 0) is 45.3 Å². The van der Waals surface area contributed by atoms with Crippen LogP contribution in [0, 0.1) is 18.3 Å². The summed E-state index contributed by atoms with van der Waals surface area (Å²) in [6.07, 6.45) is 8.12. The summed E-state index contributed by atoms with van der Waals surface area (Å²) in [5.74, 6) is 0.659. The van der Waals surface area contributed by atoms with Gasteiger partial charge in [0.15, 0.2) is 0 Å². The monoisotopic (exact) mass is 530 g/mol. The number of thiocarbonyl (C=S) groups is 1. The minimum atomic E-state index is -0.282. The van der Waals surface area contributed by atoms with Gasteiger partial charge in [0.2, 0.25) is 0 Å². The predicted octanol–water partition coefficient (Wildman–Crippen LogP) is 5.22. The molecule has 196 valence electrons. The van der Waals surface area contributed by atoms with Crippen molar-refractivity contribution < 1.29 is 9.53 Å². The Morgan fingerprint density at radius 2 is 1.75 bits per heavy atom. The Balaban J connectivity index is 2.06. The Morgan fingerprint density at radius 1 is 1.08 bits per heavy atom. The lowest BCUT2D eigenvalue weighted by molar-refractivity contribution is -0.122. The number of nitriles is 1. The summed E-state index contributed by atoms with van der Waals surface area (Å²) < 4.78 is 8.22. The number of morpholine rings is 1. The Hall–Kier alpha value is -2.15. The molecule has 0 spiro atoms. The number of nitrogens with zero attached hydrogens (tertiary/aromatic N) is 4. The van der Waals surface area contributed by atoms with Crippen LogP contribution in [0.5, 0.6) is 0 Å². The lowest BCUT2D eigenvalue weighted by Crippen LogP contribution is -2.48. The van der Waals surface area contributed by atoms with Crippen LogP contribution in [-0.2, 0) is 16.1 Å². The average molecular weight is 531 g/mol. The SMILES string of the molecule is CCCCCCCN1C(=O)/C(=C/c2c(C)c(C#N)c(=O)n(CCC)c2N2CC(C)OC(C)C2)SC1=S. The van der Waals surface area contributed by atoms with Gasteiger partial charge < -0.3 is 9.64 Å². The zero-order valence-corrected chi connectivity index (χ0v) is 23.8. The second kappa shape index (κ2) is 12.9. The summed E-state index contributed by atoms with van der Waals surface area (Å²) in [5, 5.41) is 9.84. The van der Waals surface area contributed by atoms with Crippen molar-refractivity contribution in [1.82, 2.24) is 9.47 Å². The molecular formula is C27H38N4O3S2. The zero-order chi connectivity index (χ0) is 26.4. The van der Waals surface area contributed by atoms with Crippen molar-refractivity contribution in [2.45, 2.75) is 91.9 Å². The summed E-state index contributed by atoms with van der Waals surface area (Å²) in [7, 11) is 0. The van der Waals surface area contributed by atoms with Crippen molar-refractivity contribution in [2.75, 3.05) is 24.5 Å². The van der Waals surface area contributed by atoms with E-state index in [1.807, 2.05) is 26.8 Å². The number of carbonyl (C=O) groups is 1. The van der Waals surface area contributed by atoms with Crippen LogP contribution in [0.2, 0.25) is 0 Å². The fourth-order valence-corrected chi connectivity index (χ4v) is 6.25. The highest BCUT2D eigenvalue weighted by molar-refractivity contribution is 8.26. The molecular weight excluding hydrogens is 492 g/mol. The molecule has 1 aromatic heterocycles. The molecule has 2 saturated heterocycles. The average Bonchev–Trinajstić information content (AvgIpc) is 3.09. The summed E-state index contributed by atoms with van der Waals surface area (Å²) in [6.45, 7) is 12.4. The number of rotatable bonds is 10. The Labute approximate surface area is 224 Å². The van der Waals surface area contributed by atoms with E-state index >= 15 is 0 Å². The van der Waals surface area contributed by atoms with E-state index in [1.165, 1.54) is 24.6 Å². The van der Waals surface area contributed by atoms with Crippen LogP contribution in [0.1, 0.15) is 82.9 Å². The van der Waals surface area contributed by atoms with E-state index in [-0.39, 0.29) is 29.2 Å². The van der Waals surface area contributed by atoms with E-state index in [9.17, 15) is 14.9 Å². The van der Waals surface area contributed by atoms with E-state index in [4.69, 9.17) is 17.0 Å². The van der Waals surface area contributed by atoms with Gasteiger partial charge in [0.25, 0.3) is 11.5 Å². The number of pyridine rings is 1. The van der Waals surface area contributed by atoms with Gasteiger partial charge in [0, 0.05) is 31.7 Å². The number of unbranched alkanes of at least 4 members (excludes halogenated alkanes) is 4. The van der Waals surface area contributed by atoms with Crippen molar-refractivity contribution in [3.63, 3.8) is 0 Å². The maximum atomic E-state index is 13.4. The molecule has 2 fully saturated rings. The second-order valence-electron chi connectivity index (χ2n) is 9.72. The molecule has 0 bridgehead atoms. The molecule has 0 aliphatic carbocycles. The van der Waals surface area contributed by atoms with Gasteiger partial charge in [0.1, 0.15) is 21.8 Å². The normalized spacial score (nSPS) is 21.5. The fourth-order valence-electron chi connectivity index (χ4n) is 4.96. The minimum Gasteiger partial charge on any atom is -0.372 e. The first kappa shape index (κ1) is 28.4. The first-order chi connectivity index (χ1) is 17.2. The Kier molecular flexibility index (Phi) is 10.2. The number of thioether (sulfide) groups is 1. The minimum absolute atomic E-state index is 0.00588. The summed E-state index contributed by atoms with van der Waals surface area (Å²) in [4.78, 5) is 31.1. The highest BCUT2D eigenvalue weighted by Crippen LogP contribution is 2.36. The third kappa shape index (κ3) is 6.21. The summed E-state index contributed by atoms with van der Waals surface area (Å²) in [5.41, 5.74) is 1.18. The smallest absolute Gasteiger partial charge is 0.270 e. The van der Waals surface area contributed by atoms with Crippen LogP contribution < -0.4 is 10.5 Å². The summed E-state index contributed by atoms with van der Waals surface area (Å²) >= 11 is 6.87. The van der Waals surface area contributed by atoms with Gasteiger partial charge >= 0.3 is 0 Å². The van der Waals surface area contributed by atoms with Crippen LogP contribution in [0.4, 0.5) is 5.82 Å². The highest BCUT2D eigenvalue weighted by Gasteiger charge is 2.34. The fraction of sp³-hybridized carbons (Fsp3) is 0.630. The van der Waals surface area contributed by atoms with E-state index < -0.39 is 0 Å². The molecule has 1 amide bonds. The first-order valence-corrected chi connectivity index (χ1v) is 14.3. The third-order valence-corrected chi connectivity index (χ3v) is 8.02. The van der Waals surface area contributed by atoms with Gasteiger partial charge in [-0.15, -0.1) is 0 Å². The van der Waals surface area contributed by atoms with Crippen LogP contribution in [-0.4, -0.2) is 51.5 Å². The molecule has 2 aliphatic heterocycles. The molecule has 9 heteroatoms. The number of anilines is 1. The quantitative estimate of drug-likeness (QED) is 0.233. The van der Waals surface area contributed by atoms with Crippen LogP contribution in [0.3, 0.4) is 0 Å². The maximum Gasteiger partial charge on any atom is 0.270 e. The van der Waals surface area contributed by atoms with Crippen molar-refractivity contribution in [3.8, 4) is 6.07 Å². The lowest BCUT2D eigenvalue weighted by Gasteiger charge is -2.39. The Bertz CT molecular complexity index is 1110. The van der Waals surface area contributed by atoms with Gasteiger partial charge in [0.05, 0.1) is 17.1 Å². The second-order valence-corrected chi connectivity index (χ2v) is 11.4. The van der Waals surface area contributed by atoms with Crippen LogP contribution in [0.25, 0.3) is 6.08 Å². The van der Waals surface area contributed by atoms with Crippen molar-refractivity contribution >= 4 is 46.1 Å². The molecule has 7 nitrogen and oxygen atoms in total. The number of amides is 1. The molecule has 2 unspecified atom stereocenters. The van der Waals surface area contributed by atoms with E-state index in [2.05, 4.69) is 17.9 Å². The van der Waals surface area contributed by atoms with Gasteiger partial charge in [-0.1, -0.05) is 63.5 Å². The Morgan fingerprint density at radius 3 is 2.36 bits per heavy atom. The molecule has 1 aromatic rings. The lowest BCUT2D eigenvalue weighted by atomic mass is 10.0. The predicted molar refractivity (Wildman–Crippen MR) is 151 cm³/mol. The van der Waals surface area contributed by atoms with Gasteiger partial charge in [-0.3, -0.25) is 19.1 Å². The number of ether oxygens (including phenoxy) is 1. The van der Waals surface area contributed by atoms with Gasteiger partial charge in [-0.2, -0.15) is 5.26 Å². The van der Waals surface area contributed by atoms with Crippen LogP contribution >= 0.6 is 24.0 Å². The van der Waals surface area contributed by atoms with E-state index in [0.717, 1.165) is 37.1 Å². The van der Waals surface area contributed by atoms with E-state index in [1.54, 1.807) is 16.4 Å². The number of aromatic nitrogens is 1. The molecule has 0 N–H and O–H groups in total. The maximum absolute atomic E-state index is 13.4.